The van der Waals surface area contributed by atoms with Gasteiger partial charge in [0.25, 0.3) is 5.91 Å². The molecule has 0 aromatic heterocycles. The summed E-state index contributed by atoms with van der Waals surface area (Å²) >= 11 is 1.65. The van der Waals surface area contributed by atoms with Gasteiger partial charge in [-0.05, 0) is 18.4 Å². The number of carbonyl (C=O) groups is 1. The second-order valence-corrected chi connectivity index (χ2v) is 12.6. The van der Waals surface area contributed by atoms with E-state index in [2.05, 4.69) is 31.5 Å². The molecule has 5 heteroatoms. The minimum atomic E-state index is -1.62. The highest BCUT2D eigenvalue weighted by Crippen LogP contribution is 2.48. The molecule has 0 aromatic rings. The van der Waals surface area contributed by atoms with Crippen LogP contribution in [0.3, 0.4) is 0 Å². The maximum absolute atomic E-state index is 12.3. The minimum absolute atomic E-state index is 0.0173. The molecule has 0 spiro atoms. The minimum Gasteiger partial charge on any atom is -0.384 e. The van der Waals surface area contributed by atoms with Gasteiger partial charge in [-0.15, -0.1) is 18.3 Å². The lowest BCUT2D eigenvalue weighted by molar-refractivity contribution is -0.119. The van der Waals surface area contributed by atoms with Gasteiger partial charge in [-0.25, -0.2) is 0 Å². The highest BCUT2D eigenvalue weighted by molar-refractivity contribution is 8.06. The Kier molecular flexibility index (Phi) is 4.51. The van der Waals surface area contributed by atoms with Crippen LogP contribution in [0, 0.1) is 0 Å². The normalized spacial score (nSPS) is 28.4. The largest absolute Gasteiger partial charge is 0.384 e. The van der Waals surface area contributed by atoms with Gasteiger partial charge in [-0.3, -0.25) is 4.79 Å². The van der Waals surface area contributed by atoms with Crippen molar-refractivity contribution < 1.29 is 9.90 Å². The molecule has 1 heterocycles. The van der Waals surface area contributed by atoms with E-state index in [0.717, 1.165) is 4.53 Å². The fourth-order valence-electron chi connectivity index (χ4n) is 1.92. The molecule has 2 atom stereocenters. The maximum atomic E-state index is 12.3. The van der Waals surface area contributed by atoms with Crippen LogP contribution in [-0.4, -0.2) is 36.5 Å². The standard InChI is InChI=1S/C13H23NO2SSi/c1-7-8-14-11(15)10-12(18(4,5)6)17-9(2)13(10,3)16/h7,9,16H,1,8H2,2-6H3,(H,14,15). The third-order valence-corrected chi connectivity index (χ3v) is 8.19. The van der Waals surface area contributed by atoms with Crippen molar-refractivity contribution in [3.05, 3.63) is 22.8 Å². The van der Waals surface area contributed by atoms with Crippen LogP contribution in [0.4, 0.5) is 0 Å². The zero-order valence-electron chi connectivity index (χ0n) is 11.8. The molecule has 1 amide bonds. The van der Waals surface area contributed by atoms with E-state index in [1.807, 2.05) is 6.92 Å². The number of hydrogen-bond acceptors (Lipinski definition) is 3. The third kappa shape index (κ3) is 2.89. The second kappa shape index (κ2) is 5.23. The van der Waals surface area contributed by atoms with Crippen molar-refractivity contribution in [2.24, 2.45) is 0 Å². The van der Waals surface area contributed by atoms with Crippen LogP contribution >= 0.6 is 11.8 Å². The van der Waals surface area contributed by atoms with E-state index >= 15 is 0 Å². The van der Waals surface area contributed by atoms with Gasteiger partial charge >= 0.3 is 0 Å². The van der Waals surface area contributed by atoms with E-state index < -0.39 is 13.7 Å². The number of aliphatic hydroxyl groups is 1. The number of carbonyl (C=O) groups excluding carboxylic acids is 1. The van der Waals surface area contributed by atoms with Crippen LogP contribution in [0.1, 0.15) is 13.8 Å². The highest BCUT2D eigenvalue weighted by Gasteiger charge is 2.48. The van der Waals surface area contributed by atoms with Crippen molar-refractivity contribution in [2.45, 2.75) is 44.3 Å². The first kappa shape index (κ1) is 15.5. The maximum Gasteiger partial charge on any atom is 0.250 e. The van der Waals surface area contributed by atoms with Crippen LogP contribution in [0.15, 0.2) is 22.8 Å². The predicted octanol–water partition coefficient (Wildman–Crippen LogP) is 2.31. The summed E-state index contributed by atoms with van der Waals surface area (Å²) in [7, 11) is -1.62. The predicted molar refractivity (Wildman–Crippen MR) is 81.3 cm³/mol. The smallest absolute Gasteiger partial charge is 0.250 e. The summed E-state index contributed by atoms with van der Waals surface area (Å²) in [6, 6.07) is 0. The van der Waals surface area contributed by atoms with Crippen molar-refractivity contribution in [3.63, 3.8) is 0 Å². The van der Waals surface area contributed by atoms with Gasteiger partial charge in [0.15, 0.2) is 0 Å². The van der Waals surface area contributed by atoms with Gasteiger partial charge in [0.1, 0.15) is 5.60 Å². The number of thioether (sulfide) groups is 1. The van der Waals surface area contributed by atoms with Crippen LogP contribution in [-0.2, 0) is 4.79 Å². The molecule has 2 unspecified atom stereocenters. The summed E-state index contributed by atoms with van der Waals surface area (Å²) in [6.45, 7) is 14.3. The quantitative estimate of drug-likeness (QED) is 0.615. The first-order chi connectivity index (χ1) is 8.12. The second-order valence-electron chi connectivity index (χ2n) is 5.86. The summed E-state index contributed by atoms with van der Waals surface area (Å²) in [6.07, 6.45) is 1.65. The van der Waals surface area contributed by atoms with Gasteiger partial charge in [0, 0.05) is 11.8 Å². The molecule has 0 radical (unpaired) electrons. The van der Waals surface area contributed by atoms with Crippen LogP contribution in [0.5, 0.6) is 0 Å². The van der Waals surface area contributed by atoms with Gasteiger partial charge < -0.3 is 10.4 Å². The van der Waals surface area contributed by atoms with Crippen LogP contribution < -0.4 is 5.32 Å². The van der Waals surface area contributed by atoms with E-state index in [9.17, 15) is 9.90 Å². The molecule has 1 aliphatic heterocycles. The molecule has 1 aliphatic rings. The number of hydrogen-bond donors (Lipinski definition) is 2. The number of rotatable bonds is 4. The lowest BCUT2D eigenvalue weighted by Crippen LogP contribution is -2.42. The summed E-state index contributed by atoms with van der Waals surface area (Å²) < 4.78 is 1.11. The van der Waals surface area contributed by atoms with Gasteiger partial charge in [0.05, 0.1) is 13.6 Å². The molecule has 0 bridgehead atoms. The molecular formula is C13H23NO2SSi. The third-order valence-electron chi connectivity index (χ3n) is 3.13. The fraction of sp³-hybridized carbons (Fsp3) is 0.615. The van der Waals surface area contributed by atoms with E-state index in [0.29, 0.717) is 12.1 Å². The Hall–Kier alpha value is -0.523. The summed E-state index contributed by atoms with van der Waals surface area (Å²) in [5.74, 6) is -0.158. The lowest BCUT2D eigenvalue weighted by atomic mass is 9.93. The fourth-order valence-corrected chi connectivity index (χ4v) is 6.10. The molecule has 0 saturated carbocycles. The topological polar surface area (TPSA) is 49.3 Å². The summed E-state index contributed by atoms with van der Waals surface area (Å²) in [5, 5.41) is 13.4. The number of amides is 1. The van der Waals surface area contributed by atoms with Crippen molar-refractivity contribution in [1.82, 2.24) is 5.32 Å². The van der Waals surface area contributed by atoms with Crippen molar-refractivity contribution >= 4 is 25.7 Å². The first-order valence-corrected chi connectivity index (χ1v) is 10.5. The molecule has 0 aromatic carbocycles. The summed E-state index contributed by atoms with van der Waals surface area (Å²) in [4.78, 5) is 12.3. The Morgan fingerprint density at radius 2 is 2.17 bits per heavy atom. The van der Waals surface area contributed by atoms with Gasteiger partial charge in [-0.2, -0.15) is 0 Å². The van der Waals surface area contributed by atoms with Crippen molar-refractivity contribution in [2.75, 3.05) is 6.54 Å². The van der Waals surface area contributed by atoms with Gasteiger partial charge in [-0.1, -0.05) is 25.7 Å². The van der Waals surface area contributed by atoms with E-state index in [1.54, 1.807) is 24.8 Å². The molecule has 0 saturated heterocycles. The average Bonchev–Trinajstić information content (AvgIpc) is 2.46. The summed E-state index contributed by atoms with van der Waals surface area (Å²) in [5.41, 5.74) is -0.480. The molecule has 2 N–H and O–H groups in total. The Morgan fingerprint density at radius 1 is 1.61 bits per heavy atom. The molecule has 102 valence electrons. The molecule has 0 fully saturated rings. The first-order valence-electron chi connectivity index (χ1n) is 6.15. The van der Waals surface area contributed by atoms with E-state index in [4.69, 9.17) is 0 Å². The average molecular weight is 285 g/mol. The Balaban J connectivity index is 3.19. The van der Waals surface area contributed by atoms with Gasteiger partial charge in [0.2, 0.25) is 0 Å². The molecule has 3 nitrogen and oxygen atoms in total. The zero-order chi connectivity index (χ0) is 14.1. The number of nitrogens with one attached hydrogen (secondary N) is 1. The van der Waals surface area contributed by atoms with Crippen LogP contribution in [0.2, 0.25) is 19.6 Å². The Morgan fingerprint density at radius 3 is 2.61 bits per heavy atom. The zero-order valence-corrected chi connectivity index (χ0v) is 13.6. The monoisotopic (exact) mass is 285 g/mol. The lowest BCUT2D eigenvalue weighted by Gasteiger charge is -2.25. The Bertz CT molecular complexity index is 396. The SMILES string of the molecule is C=CCNC(=O)C1=C([Si](C)(C)C)SC(C)C1(C)O. The molecular weight excluding hydrogens is 262 g/mol. The van der Waals surface area contributed by atoms with Crippen molar-refractivity contribution in [3.8, 4) is 0 Å². The van der Waals surface area contributed by atoms with Crippen molar-refractivity contribution in [1.29, 1.82) is 0 Å². The highest BCUT2D eigenvalue weighted by atomic mass is 32.2. The molecule has 0 aliphatic carbocycles. The van der Waals surface area contributed by atoms with E-state index in [1.165, 1.54) is 0 Å². The molecule has 1 rings (SSSR count). The van der Waals surface area contributed by atoms with Crippen LogP contribution in [0.25, 0.3) is 0 Å². The van der Waals surface area contributed by atoms with E-state index in [-0.39, 0.29) is 11.2 Å². The Labute approximate surface area is 115 Å². The molecule has 18 heavy (non-hydrogen) atoms.